The number of thiophene rings is 1. The number of carbonyl (C=O) groups is 1. The normalized spacial score (nSPS) is 25.5. The zero-order chi connectivity index (χ0) is 18.4. The molecule has 1 spiro atoms. The number of carbonyl (C=O) groups excluding carboxylic acids is 1. The third-order valence-electron chi connectivity index (χ3n) is 5.50. The summed E-state index contributed by atoms with van der Waals surface area (Å²) < 4.78 is 27.3. The maximum absolute atomic E-state index is 12.9. The Morgan fingerprint density at radius 1 is 1.35 bits per heavy atom. The van der Waals surface area contributed by atoms with Crippen LogP contribution in [0.2, 0.25) is 0 Å². The van der Waals surface area contributed by atoms with Gasteiger partial charge in [-0.3, -0.25) is 4.79 Å². The zero-order valence-electron chi connectivity index (χ0n) is 14.6. The van der Waals surface area contributed by atoms with Gasteiger partial charge < -0.3 is 5.32 Å². The summed E-state index contributed by atoms with van der Waals surface area (Å²) in [6, 6.07) is 11.0. The van der Waals surface area contributed by atoms with Crippen LogP contribution in [-0.2, 0) is 21.4 Å². The number of nitrogens with zero attached hydrogens (tertiary/aromatic N) is 1. The summed E-state index contributed by atoms with van der Waals surface area (Å²) in [5.41, 5.74) is 0.758. The van der Waals surface area contributed by atoms with Gasteiger partial charge in [0.1, 0.15) is 0 Å². The van der Waals surface area contributed by atoms with Gasteiger partial charge in [-0.25, -0.2) is 8.42 Å². The first kappa shape index (κ1) is 17.7. The van der Waals surface area contributed by atoms with Gasteiger partial charge in [0, 0.05) is 23.9 Å². The molecular formula is C19H22N2O3S2. The van der Waals surface area contributed by atoms with Crippen LogP contribution in [0.15, 0.2) is 46.7 Å². The molecule has 0 radical (unpaired) electrons. The van der Waals surface area contributed by atoms with E-state index in [0.29, 0.717) is 24.5 Å². The lowest BCUT2D eigenvalue weighted by Gasteiger charge is -2.17. The summed E-state index contributed by atoms with van der Waals surface area (Å²) in [5, 5.41) is 4.99. The maximum Gasteiger partial charge on any atom is 0.243 e. The van der Waals surface area contributed by atoms with Crippen molar-refractivity contribution >= 4 is 27.3 Å². The SMILES string of the molecule is Cc1cccc(S(=O)(=O)N2CC[C@@]3(C[C@@H]3C(=O)NCc3cccs3)C2)c1. The van der Waals surface area contributed by atoms with E-state index in [1.165, 1.54) is 0 Å². The molecule has 1 saturated carbocycles. The van der Waals surface area contributed by atoms with E-state index in [1.807, 2.05) is 30.5 Å². The average Bonchev–Trinajstić information content (AvgIpc) is 2.97. The van der Waals surface area contributed by atoms with Crippen LogP contribution >= 0.6 is 11.3 Å². The van der Waals surface area contributed by atoms with Crippen LogP contribution < -0.4 is 5.32 Å². The summed E-state index contributed by atoms with van der Waals surface area (Å²) in [6.45, 7) is 3.37. The second-order valence-electron chi connectivity index (χ2n) is 7.32. The molecule has 0 unspecified atom stereocenters. The number of hydrogen-bond donors (Lipinski definition) is 1. The number of hydrogen-bond acceptors (Lipinski definition) is 4. The van der Waals surface area contributed by atoms with E-state index in [0.717, 1.165) is 23.3 Å². The topological polar surface area (TPSA) is 66.5 Å². The Kier molecular flexibility index (Phi) is 4.41. The molecule has 2 aromatic rings. The summed E-state index contributed by atoms with van der Waals surface area (Å²) >= 11 is 1.62. The minimum atomic E-state index is -3.49. The standard InChI is InChI=1S/C19H22N2O3S2/c1-14-4-2-6-16(10-14)26(23,24)21-8-7-19(13-21)11-17(19)18(22)20-12-15-5-3-9-25-15/h2-6,9-10,17H,7-8,11-13H2,1H3,(H,20,22)/t17-,19-/m1/s1. The predicted octanol–water partition coefficient (Wildman–Crippen LogP) is 2.77. The molecule has 4 rings (SSSR count). The molecule has 2 aliphatic rings. The highest BCUT2D eigenvalue weighted by molar-refractivity contribution is 7.89. The molecule has 1 saturated heterocycles. The van der Waals surface area contributed by atoms with Crippen molar-refractivity contribution in [3.8, 4) is 0 Å². The monoisotopic (exact) mass is 390 g/mol. The average molecular weight is 391 g/mol. The first-order valence-electron chi connectivity index (χ1n) is 8.78. The van der Waals surface area contributed by atoms with Crippen LogP contribution in [0.4, 0.5) is 0 Å². The fourth-order valence-electron chi connectivity index (χ4n) is 3.87. The molecule has 138 valence electrons. The van der Waals surface area contributed by atoms with Crippen LogP contribution in [0.3, 0.4) is 0 Å². The van der Waals surface area contributed by atoms with Gasteiger partial charge in [-0.1, -0.05) is 18.2 Å². The highest BCUT2D eigenvalue weighted by Crippen LogP contribution is 2.59. The summed E-state index contributed by atoms with van der Waals surface area (Å²) in [6.07, 6.45) is 1.54. The van der Waals surface area contributed by atoms with Crippen molar-refractivity contribution in [2.75, 3.05) is 13.1 Å². The fraction of sp³-hybridized carbons (Fsp3) is 0.421. The van der Waals surface area contributed by atoms with Gasteiger partial charge in [-0.2, -0.15) is 4.31 Å². The molecular weight excluding hydrogens is 368 g/mol. The third kappa shape index (κ3) is 3.19. The quantitative estimate of drug-likeness (QED) is 0.854. The van der Waals surface area contributed by atoms with E-state index >= 15 is 0 Å². The molecule has 1 N–H and O–H groups in total. The highest BCUT2D eigenvalue weighted by atomic mass is 32.2. The molecule has 2 fully saturated rings. The lowest BCUT2D eigenvalue weighted by Crippen LogP contribution is -2.31. The van der Waals surface area contributed by atoms with Gasteiger partial charge in [0.25, 0.3) is 0 Å². The van der Waals surface area contributed by atoms with Gasteiger partial charge in [0.15, 0.2) is 0 Å². The lowest BCUT2D eigenvalue weighted by molar-refractivity contribution is -0.123. The van der Waals surface area contributed by atoms with Gasteiger partial charge in [0.05, 0.1) is 11.4 Å². The number of benzene rings is 1. The molecule has 1 amide bonds. The minimum Gasteiger partial charge on any atom is -0.351 e. The van der Waals surface area contributed by atoms with E-state index in [-0.39, 0.29) is 17.2 Å². The molecule has 5 nitrogen and oxygen atoms in total. The summed E-state index contributed by atoms with van der Waals surface area (Å²) in [7, 11) is -3.49. The van der Waals surface area contributed by atoms with Gasteiger partial charge >= 0.3 is 0 Å². The van der Waals surface area contributed by atoms with Gasteiger partial charge in [-0.05, 0) is 54.3 Å². The van der Waals surface area contributed by atoms with Crippen molar-refractivity contribution in [3.05, 3.63) is 52.2 Å². The van der Waals surface area contributed by atoms with E-state index < -0.39 is 10.0 Å². The molecule has 1 aliphatic carbocycles. The number of amides is 1. The molecule has 0 bridgehead atoms. The second-order valence-corrected chi connectivity index (χ2v) is 10.3. The van der Waals surface area contributed by atoms with Crippen LogP contribution in [0.5, 0.6) is 0 Å². The lowest BCUT2D eigenvalue weighted by atomic mass is 10.0. The van der Waals surface area contributed by atoms with Crippen molar-refractivity contribution in [2.24, 2.45) is 11.3 Å². The first-order chi connectivity index (χ1) is 12.4. The van der Waals surface area contributed by atoms with Crippen LogP contribution in [-0.4, -0.2) is 31.7 Å². The van der Waals surface area contributed by atoms with Gasteiger partial charge in [-0.15, -0.1) is 11.3 Å². The van der Waals surface area contributed by atoms with Crippen molar-refractivity contribution < 1.29 is 13.2 Å². The van der Waals surface area contributed by atoms with Crippen molar-refractivity contribution in [3.63, 3.8) is 0 Å². The third-order valence-corrected chi connectivity index (χ3v) is 8.22. The molecule has 7 heteroatoms. The van der Waals surface area contributed by atoms with E-state index in [9.17, 15) is 13.2 Å². The van der Waals surface area contributed by atoms with E-state index in [4.69, 9.17) is 0 Å². The Hall–Kier alpha value is -1.70. The van der Waals surface area contributed by atoms with Gasteiger partial charge in [0.2, 0.25) is 15.9 Å². The molecule has 26 heavy (non-hydrogen) atoms. The second kappa shape index (κ2) is 6.48. The Bertz CT molecular complexity index is 924. The zero-order valence-corrected chi connectivity index (χ0v) is 16.3. The Balaban J connectivity index is 1.40. The predicted molar refractivity (Wildman–Crippen MR) is 101 cm³/mol. The van der Waals surface area contributed by atoms with Crippen LogP contribution in [0.25, 0.3) is 0 Å². The number of nitrogens with one attached hydrogen (secondary N) is 1. The molecule has 2 atom stereocenters. The fourth-order valence-corrected chi connectivity index (χ4v) is 6.15. The van der Waals surface area contributed by atoms with Crippen molar-refractivity contribution in [1.29, 1.82) is 0 Å². The number of sulfonamides is 1. The minimum absolute atomic E-state index is 0.0493. The van der Waals surface area contributed by atoms with Crippen molar-refractivity contribution in [2.45, 2.75) is 31.2 Å². The van der Waals surface area contributed by atoms with Crippen LogP contribution in [0.1, 0.15) is 23.3 Å². The Morgan fingerprint density at radius 3 is 2.92 bits per heavy atom. The van der Waals surface area contributed by atoms with Crippen molar-refractivity contribution in [1.82, 2.24) is 9.62 Å². The maximum atomic E-state index is 12.9. The number of rotatable bonds is 5. The largest absolute Gasteiger partial charge is 0.351 e. The van der Waals surface area contributed by atoms with E-state index in [2.05, 4.69) is 5.32 Å². The smallest absolute Gasteiger partial charge is 0.243 e. The first-order valence-corrected chi connectivity index (χ1v) is 11.1. The molecule has 2 heterocycles. The Labute approximate surface area is 158 Å². The summed E-state index contributed by atoms with van der Waals surface area (Å²) in [5.74, 6) is -0.0200. The molecule has 1 aliphatic heterocycles. The van der Waals surface area contributed by atoms with E-state index in [1.54, 1.807) is 33.8 Å². The Morgan fingerprint density at radius 2 is 2.19 bits per heavy atom. The molecule has 1 aromatic heterocycles. The van der Waals surface area contributed by atoms with Crippen LogP contribution in [0, 0.1) is 18.3 Å². The molecule has 1 aromatic carbocycles. The number of aryl methyl sites for hydroxylation is 1. The highest BCUT2D eigenvalue weighted by Gasteiger charge is 2.62. The summed E-state index contributed by atoms with van der Waals surface area (Å²) in [4.78, 5) is 13.9.